The Hall–Kier alpha value is -1.07. The zero-order chi connectivity index (χ0) is 13.3. The van der Waals surface area contributed by atoms with Gasteiger partial charge in [-0.2, -0.15) is 0 Å². The van der Waals surface area contributed by atoms with E-state index in [1.54, 1.807) is 6.07 Å². The standard InChI is InChI=1S/C13H18BrN3O/c1-8-7-17(5-4-11(8)15)12-3-2-9(14)6-10(12)13(16)18/h2-3,6,8,11H,4-5,7,15H2,1H3,(H2,16,18). The molecule has 1 amide bonds. The molecule has 1 fully saturated rings. The molecule has 2 rings (SSSR count). The van der Waals surface area contributed by atoms with Gasteiger partial charge in [0, 0.05) is 29.3 Å². The summed E-state index contributed by atoms with van der Waals surface area (Å²) in [6.07, 6.45) is 0.940. The molecule has 1 aromatic rings. The number of hydrogen-bond donors (Lipinski definition) is 2. The van der Waals surface area contributed by atoms with E-state index in [-0.39, 0.29) is 6.04 Å². The van der Waals surface area contributed by atoms with Crippen molar-refractivity contribution in [3.63, 3.8) is 0 Å². The summed E-state index contributed by atoms with van der Waals surface area (Å²) in [7, 11) is 0. The lowest BCUT2D eigenvalue weighted by Crippen LogP contribution is -2.46. The summed E-state index contributed by atoms with van der Waals surface area (Å²) in [4.78, 5) is 13.7. The predicted molar refractivity (Wildman–Crippen MR) is 76.6 cm³/mol. The molecule has 5 heteroatoms. The van der Waals surface area contributed by atoms with Crippen molar-refractivity contribution in [3.8, 4) is 0 Å². The first kappa shape index (κ1) is 13.4. The average molecular weight is 312 g/mol. The first-order chi connectivity index (χ1) is 8.49. The fraction of sp³-hybridized carbons (Fsp3) is 0.462. The largest absolute Gasteiger partial charge is 0.371 e. The van der Waals surface area contributed by atoms with Crippen molar-refractivity contribution in [1.82, 2.24) is 0 Å². The number of anilines is 1. The van der Waals surface area contributed by atoms with Crippen LogP contribution in [0.2, 0.25) is 0 Å². The fourth-order valence-electron chi connectivity index (χ4n) is 2.36. The molecular formula is C13H18BrN3O. The molecule has 0 radical (unpaired) electrons. The molecular weight excluding hydrogens is 294 g/mol. The number of nitrogens with zero attached hydrogens (tertiary/aromatic N) is 1. The molecule has 4 nitrogen and oxygen atoms in total. The molecule has 0 aliphatic carbocycles. The molecule has 1 aliphatic heterocycles. The molecule has 0 spiro atoms. The van der Waals surface area contributed by atoms with Crippen LogP contribution in [0, 0.1) is 5.92 Å². The lowest BCUT2D eigenvalue weighted by molar-refractivity contribution is 0.100. The van der Waals surface area contributed by atoms with Gasteiger partial charge in [-0.1, -0.05) is 22.9 Å². The van der Waals surface area contributed by atoms with Crippen LogP contribution in [0.15, 0.2) is 22.7 Å². The number of hydrogen-bond acceptors (Lipinski definition) is 3. The maximum absolute atomic E-state index is 11.5. The molecule has 18 heavy (non-hydrogen) atoms. The van der Waals surface area contributed by atoms with Crippen LogP contribution < -0.4 is 16.4 Å². The van der Waals surface area contributed by atoms with Gasteiger partial charge >= 0.3 is 0 Å². The van der Waals surface area contributed by atoms with Crippen LogP contribution in [0.25, 0.3) is 0 Å². The fourth-order valence-corrected chi connectivity index (χ4v) is 2.72. The number of primary amides is 1. The second-order valence-electron chi connectivity index (χ2n) is 4.90. The van der Waals surface area contributed by atoms with E-state index in [1.165, 1.54) is 0 Å². The molecule has 1 aliphatic rings. The molecule has 2 unspecified atom stereocenters. The van der Waals surface area contributed by atoms with Crippen LogP contribution in [0.1, 0.15) is 23.7 Å². The summed E-state index contributed by atoms with van der Waals surface area (Å²) in [6, 6.07) is 5.89. The van der Waals surface area contributed by atoms with Crippen molar-refractivity contribution in [2.45, 2.75) is 19.4 Å². The highest BCUT2D eigenvalue weighted by Gasteiger charge is 2.25. The molecule has 2 atom stereocenters. The Kier molecular flexibility index (Phi) is 3.92. The van der Waals surface area contributed by atoms with Crippen molar-refractivity contribution in [1.29, 1.82) is 0 Å². The maximum Gasteiger partial charge on any atom is 0.250 e. The van der Waals surface area contributed by atoms with E-state index in [4.69, 9.17) is 11.5 Å². The Labute approximate surface area is 115 Å². The highest BCUT2D eigenvalue weighted by molar-refractivity contribution is 9.10. The van der Waals surface area contributed by atoms with Crippen molar-refractivity contribution < 1.29 is 4.79 Å². The van der Waals surface area contributed by atoms with Crippen LogP contribution >= 0.6 is 15.9 Å². The molecule has 1 heterocycles. The van der Waals surface area contributed by atoms with Crippen molar-refractivity contribution in [2.24, 2.45) is 17.4 Å². The second kappa shape index (κ2) is 5.28. The summed E-state index contributed by atoms with van der Waals surface area (Å²) in [5.41, 5.74) is 12.9. The average Bonchev–Trinajstić information content (AvgIpc) is 2.32. The number of carbonyl (C=O) groups is 1. The monoisotopic (exact) mass is 311 g/mol. The highest BCUT2D eigenvalue weighted by atomic mass is 79.9. The third-order valence-electron chi connectivity index (χ3n) is 3.54. The third-order valence-corrected chi connectivity index (χ3v) is 4.03. The van der Waals surface area contributed by atoms with E-state index >= 15 is 0 Å². The topological polar surface area (TPSA) is 72.3 Å². The molecule has 0 bridgehead atoms. The number of amides is 1. The quantitative estimate of drug-likeness (QED) is 0.873. The number of piperidine rings is 1. The van der Waals surface area contributed by atoms with Crippen LogP contribution in [0.5, 0.6) is 0 Å². The smallest absolute Gasteiger partial charge is 0.250 e. The molecule has 4 N–H and O–H groups in total. The molecule has 1 saturated heterocycles. The summed E-state index contributed by atoms with van der Waals surface area (Å²) in [6.45, 7) is 3.87. The van der Waals surface area contributed by atoms with Crippen LogP contribution in [0.4, 0.5) is 5.69 Å². The van der Waals surface area contributed by atoms with E-state index in [0.717, 1.165) is 29.7 Å². The summed E-state index contributed by atoms with van der Waals surface area (Å²) < 4.78 is 0.863. The number of nitrogens with two attached hydrogens (primary N) is 2. The van der Waals surface area contributed by atoms with Crippen molar-refractivity contribution in [3.05, 3.63) is 28.2 Å². The number of rotatable bonds is 2. The van der Waals surface area contributed by atoms with Gasteiger partial charge in [-0.05, 0) is 30.5 Å². The Morgan fingerprint density at radius 1 is 1.50 bits per heavy atom. The Bertz CT molecular complexity index is 464. The second-order valence-corrected chi connectivity index (χ2v) is 5.82. The minimum absolute atomic E-state index is 0.244. The van der Waals surface area contributed by atoms with Gasteiger partial charge in [0.15, 0.2) is 0 Å². The number of carbonyl (C=O) groups excluding carboxylic acids is 1. The maximum atomic E-state index is 11.5. The van der Waals surface area contributed by atoms with Crippen molar-refractivity contribution >= 4 is 27.5 Å². The normalized spacial score (nSPS) is 24.1. The number of benzene rings is 1. The van der Waals surface area contributed by atoms with Crippen molar-refractivity contribution in [2.75, 3.05) is 18.0 Å². The first-order valence-corrected chi connectivity index (χ1v) is 6.88. The van der Waals surface area contributed by atoms with E-state index < -0.39 is 5.91 Å². The summed E-state index contributed by atoms with van der Waals surface area (Å²) >= 11 is 3.36. The predicted octanol–water partition coefficient (Wildman–Crippen LogP) is 1.72. The lowest BCUT2D eigenvalue weighted by Gasteiger charge is -2.37. The lowest BCUT2D eigenvalue weighted by atomic mass is 9.94. The Morgan fingerprint density at radius 2 is 2.22 bits per heavy atom. The van der Waals surface area contributed by atoms with Gasteiger partial charge < -0.3 is 16.4 Å². The number of halogens is 1. The molecule has 0 aromatic heterocycles. The van der Waals surface area contributed by atoms with Crippen LogP contribution in [0.3, 0.4) is 0 Å². The minimum Gasteiger partial charge on any atom is -0.371 e. The van der Waals surface area contributed by atoms with Gasteiger partial charge in [0.1, 0.15) is 0 Å². The SMILES string of the molecule is CC1CN(c2ccc(Br)cc2C(N)=O)CCC1N. The zero-order valence-electron chi connectivity index (χ0n) is 10.4. The van der Waals surface area contributed by atoms with Gasteiger partial charge in [-0.15, -0.1) is 0 Å². The first-order valence-electron chi connectivity index (χ1n) is 6.09. The molecule has 0 saturated carbocycles. The third kappa shape index (κ3) is 2.67. The summed E-state index contributed by atoms with van der Waals surface area (Å²) in [5.74, 6) is 0.0250. The van der Waals surface area contributed by atoms with Gasteiger partial charge in [-0.3, -0.25) is 4.79 Å². The molecule has 1 aromatic carbocycles. The van der Waals surface area contributed by atoms with Gasteiger partial charge in [-0.25, -0.2) is 0 Å². The van der Waals surface area contributed by atoms with E-state index in [2.05, 4.69) is 27.8 Å². The van der Waals surface area contributed by atoms with E-state index in [1.807, 2.05) is 12.1 Å². The van der Waals surface area contributed by atoms with Crippen LogP contribution in [-0.2, 0) is 0 Å². The van der Waals surface area contributed by atoms with E-state index in [0.29, 0.717) is 11.5 Å². The highest BCUT2D eigenvalue weighted by Crippen LogP contribution is 2.28. The van der Waals surface area contributed by atoms with Crippen LogP contribution in [-0.4, -0.2) is 25.0 Å². The van der Waals surface area contributed by atoms with E-state index in [9.17, 15) is 4.79 Å². The van der Waals surface area contributed by atoms with Gasteiger partial charge in [0.25, 0.3) is 5.91 Å². The van der Waals surface area contributed by atoms with Gasteiger partial charge in [0.2, 0.25) is 0 Å². The molecule has 98 valence electrons. The Balaban J connectivity index is 2.30. The summed E-state index contributed by atoms with van der Waals surface area (Å²) in [5, 5.41) is 0. The minimum atomic E-state index is -0.395. The zero-order valence-corrected chi connectivity index (χ0v) is 12.0. The Morgan fingerprint density at radius 3 is 2.83 bits per heavy atom. The van der Waals surface area contributed by atoms with Gasteiger partial charge in [0.05, 0.1) is 5.56 Å².